The van der Waals surface area contributed by atoms with E-state index in [9.17, 15) is 9.18 Å². The minimum Gasteiger partial charge on any atom is -0.369 e. The molecule has 0 fully saturated rings. The Hall–Kier alpha value is -2.08. The molecule has 0 aromatic heterocycles. The van der Waals surface area contributed by atoms with Crippen LogP contribution in [0, 0.1) is 24.0 Å². The van der Waals surface area contributed by atoms with Gasteiger partial charge in [-0.15, -0.1) is 11.8 Å². The smallest absolute Gasteiger partial charge is 0.225 e. The summed E-state index contributed by atoms with van der Waals surface area (Å²) < 4.78 is 29.4. The maximum absolute atomic E-state index is 15.9. The van der Waals surface area contributed by atoms with E-state index in [1.807, 2.05) is 45.6 Å². The fraction of sp³-hybridized carbons (Fsp3) is 0.458. The summed E-state index contributed by atoms with van der Waals surface area (Å²) in [6, 6.07) is 6.63. The van der Waals surface area contributed by atoms with E-state index in [1.165, 1.54) is 17.8 Å². The SMILES string of the molecule is CCSc1c(F)c(N2CCc3cc(F)ccc3C2)cc(C)c1C(C(N)=O)C(C)(C)C. The van der Waals surface area contributed by atoms with E-state index in [2.05, 4.69) is 0 Å². The van der Waals surface area contributed by atoms with Gasteiger partial charge in [-0.05, 0) is 65.0 Å². The lowest BCUT2D eigenvalue weighted by atomic mass is 9.74. The Bertz CT molecular complexity index is 969. The Morgan fingerprint density at radius 1 is 1.23 bits per heavy atom. The quantitative estimate of drug-likeness (QED) is 0.629. The number of halogens is 2. The number of primary amides is 1. The second-order valence-corrected chi connectivity index (χ2v) is 10.3. The van der Waals surface area contributed by atoms with Crippen LogP contribution in [-0.2, 0) is 17.8 Å². The van der Waals surface area contributed by atoms with Crippen LogP contribution in [-0.4, -0.2) is 18.2 Å². The van der Waals surface area contributed by atoms with Crippen LogP contribution in [0.1, 0.15) is 55.9 Å². The Labute approximate surface area is 182 Å². The van der Waals surface area contributed by atoms with Gasteiger partial charge < -0.3 is 10.6 Å². The van der Waals surface area contributed by atoms with Crippen LogP contribution in [0.3, 0.4) is 0 Å². The maximum atomic E-state index is 15.9. The maximum Gasteiger partial charge on any atom is 0.225 e. The van der Waals surface area contributed by atoms with E-state index < -0.39 is 17.2 Å². The first-order chi connectivity index (χ1) is 14.0. The van der Waals surface area contributed by atoms with Gasteiger partial charge in [-0.3, -0.25) is 4.79 Å². The van der Waals surface area contributed by atoms with Crippen molar-refractivity contribution in [2.45, 2.75) is 58.4 Å². The van der Waals surface area contributed by atoms with E-state index in [4.69, 9.17) is 5.73 Å². The number of benzene rings is 2. The van der Waals surface area contributed by atoms with Crippen LogP contribution in [0.25, 0.3) is 0 Å². The number of thioether (sulfide) groups is 1. The third kappa shape index (κ3) is 4.34. The van der Waals surface area contributed by atoms with Gasteiger partial charge in [0.1, 0.15) is 5.82 Å². The van der Waals surface area contributed by atoms with Crippen molar-refractivity contribution in [3.8, 4) is 0 Å². The van der Waals surface area contributed by atoms with Crippen LogP contribution in [0.4, 0.5) is 14.5 Å². The first kappa shape index (κ1) is 22.6. The van der Waals surface area contributed by atoms with Crippen molar-refractivity contribution in [1.29, 1.82) is 0 Å². The topological polar surface area (TPSA) is 46.3 Å². The lowest BCUT2D eigenvalue weighted by molar-refractivity contribution is -0.121. The van der Waals surface area contributed by atoms with Gasteiger partial charge in [-0.2, -0.15) is 0 Å². The fourth-order valence-corrected chi connectivity index (χ4v) is 5.32. The molecule has 2 aromatic carbocycles. The number of aryl methyl sites for hydroxylation is 1. The molecule has 0 saturated heterocycles. The van der Waals surface area contributed by atoms with Gasteiger partial charge in [0.05, 0.1) is 11.6 Å². The van der Waals surface area contributed by atoms with E-state index in [0.717, 1.165) is 16.7 Å². The Morgan fingerprint density at radius 2 is 1.93 bits per heavy atom. The average molecular weight is 433 g/mol. The van der Waals surface area contributed by atoms with Crippen LogP contribution in [0.5, 0.6) is 0 Å². The summed E-state index contributed by atoms with van der Waals surface area (Å²) >= 11 is 1.41. The molecular weight excluding hydrogens is 402 g/mol. The molecule has 2 N–H and O–H groups in total. The number of nitrogens with two attached hydrogens (primary N) is 1. The van der Waals surface area contributed by atoms with Crippen molar-refractivity contribution in [3.05, 3.63) is 58.2 Å². The van der Waals surface area contributed by atoms with Gasteiger partial charge in [0.2, 0.25) is 5.91 Å². The second-order valence-electron chi connectivity index (χ2n) is 8.99. The largest absolute Gasteiger partial charge is 0.369 e. The Balaban J connectivity index is 2.10. The van der Waals surface area contributed by atoms with E-state index in [-0.39, 0.29) is 11.6 Å². The zero-order valence-electron chi connectivity index (χ0n) is 18.3. The van der Waals surface area contributed by atoms with Gasteiger partial charge in [0.25, 0.3) is 0 Å². The molecule has 1 amide bonds. The minimum atomic E-state index is -0.583. The fourth-order valence-electron chi connectivity index (χ4n) is 4.36. The summed E-state index contributed by atoms with van der Waals surface area (Å²) in [4.78, 5) is 14.9. The predicted molar refractivity (Wildman–Crippen MR) is 120 cm³/mol. The molecule has 0 radical (unpaired) electrons. The number of nitrogens with zero attached hydrogens (tertiary/aromatic N) is 1. The molecular formula is C24H30F2N2OS. The standard InChI is InChI=1S/C24H30F2N2OS/c1-6-30-22-19(20(23(27)29)24(3,4)5)14(2)11-18(21(22)26)28-10-9-15-12-17(25)8-7-16(15)13-28/h7-8,11-12,20H,6,9-10,13H2,1-5H3,(H2,27,29). The highest BCUT2D eigenvalue weighted by molar-refractivity contribution is 7.99. The Morgan fingerprint density at radius 3 is 2.53 bits per heavy atom. The summed E-state index contributed by atoms with van der Waals surface area (Å²) in [7, 11) is 0. The molecule has 0 spiro atoms. The van der Waals surface area contributed by atoms with Crippen molar-refractivity contribution in [1.82, 2.24) is 0 Å². The monoisotopic (exact) mass is 432 g/mol. The van der Waals surface area contributed by atoms with Crippen molar-refractivity contribution in [2.24, 2.45) is 11.1 Å². The molecule has 2 aromatic rings. The summed E-state index contributed by atoms with van der Waals surface area (Å²) in [5, 5.41) is 0. The molecule has 1 heterocycles. The first-order valence-corrected chi connectivity index (χ1v) is 11.3. The number of rotatable bonds is 5. The molecule has 1 aliphatic heterocycles. The van der Waals surface area contributed by atoms with E-state index in [0.29, 0.717) is 41.4 Å². The number of fused-ring (bicyclic) bond motifs is 1. The molecule has 1 unspecified atom stereocenters. The van der Waals surface area contributed by atoms with Gasteiger partial charge in [0, 0.05) is 18.0 Å². The number of hydrogen-bond acceptors (Lipinski definition) is 3. The van der Waals surface area contributed by atoms with E-state index >= 15 is 4.39 Å². The van der Waals surface area contributed by atoms with Crippen molar-refractivity contribution >= 4 is 23.4 Å². The molecule has 162 valence electrons. The first-order valence-electron chi connectivity index (χ1n) is 10.3. The van der Waals surface area contributed by atoms with Crippen LogP contribution in [0.2, 0.25) is 0 Å². The van der Waals surface area contributed by atoms with Crippen LogP contribution >= 0.6 is 11.8 Å². The third-order valence-corrected chi connectivity index (χ3v) is 6.67. The molecule has 0 saturated carbocycles. The normalized spacial score (nSPS) is 15.1. The van der Waals surface area contributed by atoms with Gasteiger partial charge in [-0.1, -0.05) is 33.8 Å². The average Bonchev–Trinajstić information content (AvgIpc) is 2.65. The number of anilines is 1. The highest BCUT2D eigenvalue weighted by Crippen LogP contribution is 2.45. The van der Waals surface area contributed by atoms with Crippen molar-refractivity contribution in [2.75, 3.05) is 17.2 Å². The summed E-state index contributed by atoms with van der Waals surface area (Å²) in [5.74, 6) is -0.881. The zero-order valence-corrected chi connectivity index (χ0v) is 19.1. The van der Waals surface area contributed by atoms with Gasteiger partial charge >= 0.3 is 0 Å². The zero-order chi connectivity index (χ0) is 22.2. The molecule has 0 bridgehead atoms. The van der Waals surface area contributed by atoms with Gasteiger partial charge in [0.15, 0.2) is 5.82 Å². The summed E-state index contributed by atoms with van der Waals surface area (Å²) in [6.07, 6.45) is 0.662. The Kier molecular flexibility index (Phi) is 6.46. The molecule has 1 atom stereocenters. The lowest BCUT2D eigenvalue weighted by Gasteiger charge is -2.35. The van der Waals surface area contributed by atoms with Crippen molar-refractivity contribution < 1.29 is 13.6 Å². The molecule has 3 rings (SSSR count). The summed E-state index contributed by atoms with van der Waals surface area (Å²) in [5.41, 5.74) is 9.42. The molecule has 3 nitrogen and oxygen atoms in total. The summed E-state index contributed by atoms with van der Waals surface area (Å²) in [6.45, 7) is 10.9. The number of amides is 1. The highest BCUT2D eigenvalue weighted by atomic mass is 32.2. The van der Waals surface area contributed by atoms with Crippen LogP contribution < -0.4 is 10.6 Å². The van der Waals surface area contributed by atoms with Gasteiger partial charge in [-0.25, -0.2) is 8.78 Å². The van der Waals surface area contributed by atoms with E-state index in [1.54, 1.807) is 12.1 Å². The number of carbonyl (C=O) groups is 1. The molecule has 0 aliphatic carbocycles. The molecule has 1 aliphatic rings. The lowest BCUT2D eigenvalue weighted by Crippen LogP contribution is -2.34. The van der Waals surface area contributed by atoms with Crippen molar-refractivity contribution in [3.63, 3.8) is 0 Å². The molecule has 30 heavy (non-hydrogen) atoms. The number of carbonyl (C=O) groups excluding carboxylic acids is 1. The minimum absolute atomic E-state index is 0.241. The van der Waals surface area contributed by atoms with Crippen LogP contribution in [0.15, 0.2) is 29.2 Å². The third-order valence-electron chi connectivity index (χ3n) is 5.70. The number of hydrogen-bond donors (Lipinski definition) is 1. The highest BCUT2D eigenvalue weighted by Gasteiger charge is 2.36. The molecule has 6 heteroatoms. The predicted octanol–water partition coefficient (Wildman–Crippen LogP) is 5.56. The second kappa shape index (κ2) is 8.58.